The molecule has 1 aliphatic carbocycles. The van der Waals surface area contributed by atoms with Gasteiger partial charge in [-0.05, 0) is 71.0 Å². The van der Waals surface area contributed by atoms with Crippen LogP contribution in [0.15, 0.2) is 15.0 Å². The van der Waals surface area contributed by atoms with Gasteiger partial charge in [-0.3, -0.25) is 10.1 Å². The summed E-state index contributed by atoms with van der Waals surface area (Å²) in [5.74, 6) is 0.555. The van der Waals surface area contributed by atoms with E-state index < -0.39 is 11.0 Å². The Morgan fingerprint density at radius 3 is 2.71 bits per heavy atom. The maximum atomic E-state index is 11.5. The van der Waals surface area contributed by atoms with Gasteiger partial charge in [0.1, 0.15) is 4.47 Å². The number of nitrogens with one attached hydrogen (secondary N) is 1. The number of benzene rings is 1. The summed E-state index contributed by atoms with van der Waals surface area (Å²) in [7, 11) is 0. The van der Waals surface area contributed by atoms with Crippen LogP contribution in [0, 0.1) is 10.1 Å². The maximum Gasteiger partial charge on any atom is 0.312 e. The third-order valence-corrected chi connectivity index (χ3v) is 6.31. The van der Waals surface area contributed by atoms with E-state index in [1.165, 1.54) is 0 Å². The molecule has 1 heterocycles. The molecular formula is C15H18Br2N4O3. The molecule has 9 heteroatoms. The van der Waals surface area contributed by atoms with Crippen LogP contribution in [0.25, 0.3) is 11.0 Å². The number of aliphatic hydroxyl groups excluding tert-OH is 1. The average molecular weight is 462 g/mol. The van der Waals surface area contributed by atoms with Gasteiger partial charge in [-0.25, -0.2) is 4.98 Å². The molecule has 0 aliphatic heterocycles. The number of nitro groups is 1. The van der Waals surface area contributed by atoms with Gasteiger partial charge in [0.2, 0.25) is 5.95 Å². The number of nitrogens with zero attached hydrogens (tertiary/aromatic N) is 3. The topological polar surface area (TPSA) is 93.2 Å². The van der Waals surface area contributed by atoms with E-state index in [-0.39, 0.29) is 17.8 Å². The fourth-order valence-corrected chi connectivity index (χ4v) is 4.08. The highest BCUT2D eigenvalue weighted by atomic mass is 79.9. The largest absolute Gasteiger partial charge is 0.391 e. The molecule has 0 saturated heterocycles. The minimum Gasteiger partial charge on any atom is -0.391 e. The van der Waals surface area contributed by atoms with Crippen LogP contribution in [-0.4, -0.2) is 31.7 Å². The van der Waals surface area contributed by atoms with Gasteiger partial charge >= 0.3 is 5.69 Å². The molecule has 1 aromatic heterocycles. The van der Waals surface area contributed by atoms with E-state index in [4.69, 9.17) is 0 Å². The third-order valence-electron chi connectivity index (χ3n) is 4.35. The zero-order valence-corrected chi connectivity index (χ0v) is 16.5. The first-order valence-corrected chi connectivity index (χ1v) is 9.38. The number of hydrogen-bond acceptors (Lipinski definition) is 5. The van der Waals surface area contributed by atoms with Gasteiger partial charge in [0.25, 0.3) is 0 Å². The van der Waals surface area contributed by atoms with Crippen molar-refractivity contribution in [3.63, 3.8) is 0 Å². The predicted octanol–water partition coefficient (Wildman–Crippen LogP) is 4.38. The van der Waals surface area contributed by atoms with Crippen LogP contribution in [0.5, 0.6) is 0 Å². The second kappa shape index (κ2) is 6.61. The van der Waals surface area contributed by atoms with E-state index in [2.05, 4.69) is 42.2 Å². The Labute approximate surface area is 155 Å². The lowest BCUT2D eigenvalue weighted by atomic mass is 10.2. The number of aliphatic hydroxyl groups is 1. The number of rotatable bonds is 4. The van der Waals surface area contributed by atoms with Crippen molar-refractivity contribution in [2.45, 2.75) is 51.3 Å². The molecule has 2 atom stereocenters. The van der Waals surface area contributed by atoms with Crippen molar-refractivity contribution in [2.75, 3.05) is 5.32 Å². The molecule has 2 N–H and O–H groups in total. The Morgan fingerprint density at radius 1 is 1.46 bits per heavy atom. The van der Waals surface area contributed by atoms with Gasteiger partial charge in [-0.15, -0.1) is 0 Å². The van der Waals surface area contributed by atoms with Gasteiger partial charge in [0.05, 0.1) is 22.6 Å². The van der Waals surface area contributed by atoms with Crippen molar-refractivity contribution >= 4 is 54.5 Å². The van der Waals surface area contributed by atoms with Gasteiger partial charge in [-0.2, -0.15) is 0 Å². The lowest BCUT2D eigenvalue weighted by Gasteiger charge is -2.20. The van der Waals surface area contributed by atoms with Crippen molar-refractivity contribution < 1.29 is 10.0 Å². The molecule has 1 fully saturated rings. The van der Waals surface area contributed by atoms with E-state index in [0.717, 1.165) is 19.3 Å². The summed E-state index contributed by atoms with van der Waals surface area (Å²) in [5.41, 5.74) is 0.953. The number of aromatic nitrogens is 2. The quantitative estimate of drug-likeness (QED) is 0.520. The molecule has 1 aromatic carbocycles. The van der Waals surface area contributed by atoms with E-state index in [1.807, 2.05) is 24.5 Å². The second-order valence-electron chi connectivity index (χ2n) is 6.29. The van der Waals surface area contributed by atoms with Crippen LogP contribution in [0.3, 0.4) is 0 Å². The van der Waals surface area contributed by atoms with E-state index in [0.29, 0.717) is 25.9 Å². The molecule has 24 heavy (non-hydrogen) atoms. The predicted molar refractivity (Wildman–Crippen MR) is 99.4 cm³/mol. The van der Waals surface area contributed by atoms with Crippen LogP contribution in [0.1, 0.15) is 39.2 Å². The highest BCUT2D eigenvalue weighted by molar-refractivity contribution is 9.13. The first-order valence-electron chi connectivity index (χ1n) is 7.80. The first kappa shape index (κ1) is 17.6. The molecule has 2 unspecified atom stereocenters. The summed E-state index contributed by atoms with van der Waals surface area (Å²) >= 11 is 6.65. The summed E-state index contributed by atoms with van der Waals surface area (Å²) in [5, 5.41) is 24.9. The fourth-order valence-electron chi connectivity index (χ4n) is 3.22. The number of hydrogen-bond donors (Lipinski definition) is 2. The Hall–Kier alpha value is -1.19. The Bertz CT molecular complexity index is 806. The van der Waals surface area contributed by atoms with Crippen LogP contribution in [0.2, 0.25) is 0 Å². The molecule has 3 rings (SSSR count). The molecule has 1 saturated carbocycles. The highest BCUT2D eigenvalue weighted by Gasteiger charge is 2.30. The summed E-state index contributed by atoms with van der Waals surface area (Å²) in [6, 6.07) is 1.81. The first-order chi connectivity index (χ1) is 11.3. The minimum absolute atomic E-state index is 0.0590. The van der Waals surface area contributed by atoms with Gasteiger partial charge in [-0.1, -0.05) is 0 Å². The number of halogens is 2. The Kier molecular flexibility index (Phi) is 4.85. The SMILES string of the molecule is CC(C)n1c(NC2CCCC2O)nc2c([N+](=O)[O-])c(Br)c(Br)cc21. The normalized spacial score (nSPS) is 20.9. The average Bonchev–Trinajstić information content (AvgIpc) is 3.04. The van der Waals surface area contributed by atoms with Gasteiger partial charge in [0, 0.05) is 10.5 Å². The Balaban J connectivity index is 2.20. The van der Waals surface area contributed by atoms with E-state index in [9.17, 15) is 15.2 Å². The van der Waals surface area contributed by atoms with Crippen LogP contribution in [-0.2, 0) is 0 Å². The van der Waals surface area contributed by atoms with E-state index in [1.54, 1.807) is 0 Å². The second-order valence-corrected chi connectivity index (χ2v) is 7.94. The fraction of sp³-hybridized carbons (Fsp3) is 0.533. The molecule has 0 amide bonds. The van der Waals surface area contributed by atoms with Gasteiger partial charge < -0.3 is 15.0 Å². The molecule has 1 aliphatic rings. The molecule has 0 spiro atoms. The summed E-state index contributed by atoms with van der Waals surface area (Å²) in [4.78, 5) is 15.6. The molecule has 0 radical (unpaired) electrons. The molecular weight excluding hydrogens is 444 g/mol. The number of fused-ring (bicyclic) bond motifs is 1. The molecule has 2 aromatic rings. The smallest absolute Gasteiger partial charge is 0.312 e. The summed E-state index contributed by atoms with van der Waals surface area (Å²) < 4.78 is 2.92. The molecule has 7 nitrogen and oxygen atoms in total. The van der Waals surface area contributed by atoms with Gasteiger partial charge in [0.15, 0.2) is 5.52 Å². The monoisotopic (exact) mass is 460 g/mol. The molecule has 0 bridgehead atoms. The maximum absolute atomic E-state index is 11.5. The molecule has 130 valence electrons. The lowest BCUT2D eigenvalue weighted by molar-refractivity contribution is -0.384. The summed E-state index contributed by atoms with van der Waals surface area (Å²) in [6.07, 6.45) is 2.16. The number of nitro benzene ring substituents is 1. The summed E-state index contributed by atoms with van der Waals surface area (Å²) in [6.45, 7) is 4.00. The number of anilines is 1. The zero-order chi connectivity index (χ0) is 17.6. The van der Waals surface area contributed by atoms with Crippen molar-refractivity contribution in [3.05, 3.63) is 25.1 Å². The van der Waals surface area contributed by atoms with E-state index >= 15 is 0 Å². The lowest BCUT2D eigenvalue weighted by Crippen LogP contribution is -2.29. The van der Waals surface area contributed by atoms with Crippen LogP contribution < -0.4 is 5.32 Å². The third kappa shape index (κ3) is 2.93. The van der Waals surface area contributed by atoms with Crippen LogP contribution >= 0.6 is 31.9 Å². The zero-order valence-electron chi connectivity index (χ0n) is 13.3. The Morgan fingerprint density at radius 2 is 2.17 bits per heavy atom. The van der Waals surface area contributed by atoms with Crippen molar-refractivity contribution in [3.8, 4) is 0 Å². The standard InChI is InChI=1S/C15H18Br2N4O3/c1-7(2)20-10-6-8(16)12(17)14(21(23)24)13(10)19-15(20)18-9-4-3-5-11(9)22/h6-7,9,11,22H,3-5H2,1-2H3,(H,18,19). The number of imidazole rings is 1. The van der Waals surface area contributed by atoms with Crippen LogP contribution in [0.4, 0.5) is 11.6 Å². The van der Waals surface area contributed by atoms with Crippen molar-refractivity contribution in [1.29, 1.82) is 0 Å². The van der Waals surface area contributed by atoms with Crippen molar-refractivity contribution in [2.24, 2.45) is 0 Å². The van der Waals surface area contributed by atoms with Crippen molar-refractivity contribution in [1.82, 2.24) is 9.55 Å². The highest BCUT2D eigenvalue weighted by Crippen LogP contribution is 2.41. The minimum atomic E-state index is -0.428.